The van der Waals surface area contributed by atoms with E-state index in [2.05, 4.69) is 0 Å². The van der Waals surface area contributed by atoms with Crippen LogP contribution in [-0.4, -0.2) is 23.1 Å². The maximum Gasteiger partial charge on any atom is 0.320 e. The number of rotatable bonds is 4. The van der Waals surface area contributed by atoms with E-state index in [-0.39, 0.29) is 6.42 Å². The number of carbonyl (C=O) groups excluding carboxylic acids is 1. The summed E-state index contributed by atoms with van der Waals surface area (Å²) in [6.45, 7) is 1.60. The van der Waals surface area contributed by atoms with Crippen molar-refractivity contribution < 1.29 is 14.7 Å². The van der Waals surface area contributed by atoms with Crippen molar-refractivity contribution in [3.8, 4) is 0 Å². The Morgan fingerprint density at radius 2 is 2.27 bits per heavy atom. The van der Waals surface area contributed by atoms with Gasteiger partial charge in [-0.3, -0.25) is 4.79 Å². The van der Waals surface area contributed by atoms with Crippen LogP contribution in [-0.2, 0) is 9.59 Å². The highest BCUT2D eigenvalue weighted by molar-refractivity contribution is 5.73. The van der Waals surface area contributed by atoms with Crippen LogP contribution in [0.25, 0.3) is 0 Å². The Bertz CT molecular complexity index is 194. The van der Waals surface area contributed by atoms with E-state index >= 15 is 0 Å². The Labute approximate surface area is 64.7 Å². The Hall–Kier alpha value is -1.12. The summed E-state index contributed by atoms with van der Waals surface area (Å²) in [6.07, 6.45) is 0.688. The zero-order chi connectivity index (χ0) is 8.85. The van der Waals surface area contributed by atoms with Gasteiger partial charge < -0.3 is 10.8 Å². The van der Waals surface area contributed by atoms with Crippen molar-refractivity contribution >= 4 is 11.9 Å². The maximum atomic E-state index is 10.2. The van der Waals surface area contributed by atoms with Crippen molar-refractivity contribution in [1.82, 2.24) is 0 Å². The second-order valence-corrected chi connectivity index (χ2v) is 2.37. The minimum atomic E-state index is -1.04. The minimum absolute atomic E-state index is 0.288. The molecule has 62 valence electrons. The molecule has 0 aliphatic carbocycles. The fraction of sp³-hybridized carbons (Fsp3) is 0.571. The lowest BCUT2D eigenvalue weighted by molar-refractivity contribution is -0.138. The molecule has 1 atom stereocenters. The summed E-state index contributed by atoms with van der Waals surface area (Å²) >= 11 is 0. The normalized spacial score (nSPS) is 11.8. The second-order valence-electron chi connectivity index (χ2n) is 2.37. The lowest BCUT2D eigenvalue weighted by Crippen LogP contribution is -2.29. The van der Waals surface area contributed by atoms with Gasteiger partial charge >= 0.3 is 5.97 Å². The summed E-state index contributed by atoms with van der Waals surface area (Å²) in [6, 6.07) is -0.877. The molecule has 4 nitrogen and oxygen atoms in total. The van der Waals surface area contributed by atoms with Gasteiger partial charge in [0.25, 0.3) is 0 Å². The summed E-state index contributed by atoms with van der Waals surface area (Å²) in [5.74, 6) is 0.639. The average Bonchev–Trinajstić information content (AvgIpc) is 1.99. The molecule has 0 bridgehead atoms. The van der Waals surface area contributed by atoms with E-state index < -0.39 is 12.0 Å². The van der Waals surface area contributed by atoms with Crippen molar-refractivity contribution in [1.29, 1.82) is 0 Å². The first-order chi connectivity index (χ1) is 5.07. The molecule has 3 N–H and O–H groups in total. The molecule has 0 spiro atoms. The monoisotopic (exact) mass is 157 g/mol. The molecule has 0 aromatic carbocycles. The van der Waals surface area contributed by atoms with Gasteiger partial charge in [-0.15, -0.1) is 0 Å². The van der Waals surface area contributed by atoms with Gasteiger partial charge in [-0.2, -0.15) is 0 Å². The molecule has 0 aliphatic heterocycles. The highest BCUT2D eigenvalue weighted by atomic mass is 16.4. The SMILES string of the molecule is CC(=C=O)CCC(N)C(=O)O. The first kappa shape index (κ1) is 9.88. The number of allylic oxidation sites excluding steroid dienone is 1. The molecular formula is C7H11NO3. The van der Waals surface area contributed by atoms with Crippen LogP contribution in [0, 0.1) is 0 Å². The van der Waals surface area contributed by atoms with E-state index in [4.69, 9.17) is 10.8 Å². The molecule has 0 rings (SSSR count). The minimum Gasteiger partial charge on any atom is -0.480 e. The number of aliphatic carboxylic acids is 1. The Morgan fingerprint density at radius 3 is 2.64 bits per heavy atom. The quantitative estimate of drug-likeness (QED) is 0.561. The van der Waals surface area contributed by atoms with E-state index in [0.717, 1.165) is 0 Å². The molecule has 0 heterocycles. The van der Waals surface area contributed by atoms with Gasteiger partial charge in [0.05, 0.1) is 0 Å². The molecular weight excluding hydrogens is 146 g/mol. The fourth-order valence-corrected chi connectivity index (χ4v) is 0.547. The number of hydrogen-bond acceptors (Lipinski definition) is 3. The first-order valence-corrected chi connectivity index (χ1v) is 3.27. The molecule has 0 radical (unpaired) electrons. The van der Waals surface area contributed by atoms with Gasteiger partial charge in [-0.25, -0.2) is 4.79 Å². The Morgan fingerprint density at radius 1 is 1.73 bits per heavy atom. The molecule has 0 saturated carbocycles. The summed E-state index contributed by atoms with van der Waals surface area (Å²) in [5, 5.41) is 8.33. The van der Waals surface area contributed by atoms with Gasteiger partial charge in [0.2, 0.25) is 0 Å². The van der Waals surface area contributed by atoms with E-state index in [1.807, 2.05) is 0 Å². The predicted octanol–water partition coefficient (Wildman–Crippen LogP) is -0.0436. The third-order valence-corrected chi connectivity index (χ3v) is 1.32. The highest BCUT2D eigenvalue weighted by Crippen LogP contribution is 2.01. The number of carboxylic acid groups (broad SMARTS) is 1. The second kappa shape index (κ2) is 4.66. The Balaban J connectivity index is 3.71. The summed E-state index contributed by atoms with van der Waals surface area (Å²) < 4.78 is 0. The smallest absolute Gasteiger partial charge is 0.320 e. The predicted molar refractivity (Wildman–Crippen MR) is 39.7 cm³/mol. The van der Waals surface area contributed by atoms with E-state index in [0.29, 0.717) is 12.0 Å². The van der Waals surface area contributed by atoms with E-state index in [9.17, 15) is 9.59 Å². The molecule has 0 aromatic rings. The summed E-state index contributed by atoms with van der Waals surface area (Å²) in [5.41, 5.74) is 5.68. The van der Waals surface area contributed by atoms with Gasteiger partial charge in [0, 0.05) is 5.57 Å². The molecule has 0 fully saturated rings. The van der Waals surface area contributed by atoms with Crippen molar-refractivity contribution in [2.45, 2.75) is 25.8 Å². The summed E-state index contributed by atoms with van der Waals surface area (Å²) in [4.78, 5) is 20.1. The van der Waals surface area contributed by atoms with Crippen LogP contribution in [0.3, 0.4) is 0 Å². The van der Waals surface area contributed by atoms with Gasteiger partial charge in [-0.05, 0) is 19.8 Å². The molecule has 0 aliphatic rings. The molecule has 4 heteroatoms. The largest absolute Gasteiger partial charge is 0.480 e. The first-order valence-electron chi connectivity index (χ1n) is 3.27. The van der Waals surface area contributed by atoms with E-state index in [1.165, 1.54) is 0 Å². The third kappa shape index (κ3) is 4.31. The maximum absolute atomic E-state index is 10.2. The summed E-state index contributed by atoms with van der Waals surface area (Å²) in [7, 11) is 0. The van der Waals surface area contributed by atoms with Gasteiger partial charge in [0.15, 0.2) is 0 Å². The number of hydrogen-bond donors (Lipinski definition) is 2. The van der Waals surface area contributed by atoms with Crippen LogP contribution in [0.4, 0.5) is 0 Å². The molecule has 11 heavy (non-hydrogen) atoms. The van der Waals surface area contributed by atoms with Crippen LogP contribution in [0.2, 0.25) is 0 Å². The highest BCUT2D eigenvalue weighted by Gasteiger charge is 2.10. The molecule has 0 amide bonds. The van der Waals surface area contributed by atoms with Crippen LogP contribution < -0.4 is 5.73 Å². The van der Waals surface area contributed by atoms with Crippen LogP contribution >= 0.6 is 0 Å². The Kier molecular flexibility index (Phi) is 4.18. The van der Waals surface area contributed by atoms with Crippen LogP contribution in [0.1, 0.15) is 19.8 Å². The van der Waals surface area contributed by atoms with Gasteiger partial charge in [-0.1, -0.05) is 0 Å². The van der Waals surface area contributed by atoms with Crippen molar-refractivity contribution in [2.75, 3.05) is 0 Å². The number of carboxylic acids is 1. The standard InChI is InChI=1S/C7H11NO3/c1-5(4-9)2-3-6(8)7(10)11/h6H,2-3,8H2,1H3,(H,10,11). The molecule has 1 unspecified atom stereocenters. The average molecular weight is 157 g/mol. The topological polar surface area (TPSA) is 80.4 Å². The zero-order valence-corrected chi connectivity index (χ0v) is 6.33. The molecule has 0 saturated heterocycles. The van der Waals surface area contributed by atoms with E-state index in [1.54, 1.807) is 12.9 Å². The number of nitrogens with two attached hydrogens (primary N) is 1. The lowest BCUT2D eigenvalue weighted by Gasteiger charge is -2.03. The fourth-order valence-electron chi connectivity index (χ4n) is 0.547. The van der Waals surface area contributed by atoms with Crippen molar-refractivity contribution in [3.05, 3.63) is 5.57 Å². The lowest BCUT2D eigenvalue weighted by atomic mass is 10.1. The van der Waals surface area contributed by atoms with Crippen LogP contribution in [0.15, 0.2) is 5.57 Å². The van der Waals surface area contributed by atoms with Gasteiger partial charge in [0.1, 0.15) is 12.0 Å². The van der Waals surface area contributed by atoms with Crippen molar-refractivity contribution in [2.24, 2.45) is 5.73 Å². The zero-order valence-electron chi connectivity index (χ0n) is 6.33. The van der Waals surface area contributed by atoms with Crippen molar-refractivity contribution in [3.63, 3.8) is 0 Å². The molecule has 0 aromatic heterocycles. The van der Waals surface area contributed by atoms with Crippen LogP contribution in [0.5, 0.6) is 0 Å². The third-order valence-electron chi connectivity index (χ3n) is 1.32. The number of carbonyl (C=O) groups is 1.